The zero-order valence-electron chi connectivity index (χ0n) is 13.1. The summed E-state index contributed by atoms with van der Waals surface area (Å²) in [7, 11) is 0. The fraction of sp³-hybridized carbons (Fsp3) is 0.0625. The summed E-state index contributed by atoms with van der Waals surface area (Å²) < 4.78 is 1.37. The monoisotopic (exact) mass is 335 g/mol. The molecule has 0 bridgehead atoms. The minimum absolute atomic E-state index is 0.0700. The largest absolute Gasteiger partial charge is 0.364 e. The summed E-state index contributed by atoms with van der Waals surface area (Å²) in [5.41, 5.74) is 7.03. The number of aromatic nitrogens is 6. The topological polar surface area (TPSA) is 135 Å². The third kappa shape index (κ3) is 2.38. The summed E-state index contributed by atoms with van der Waals surface area (Å²) >= 11 is 0. The minimum Gasteiger partial charge on any atom is -0.364 e. The molecule has 0 radical (unpaired) electrons. The van der Waals surface area contributed by atoms with Gasteiger partial charge in [-0.15, -0.1) is 0 Å². The van der Waals surface area contributed by atoms with Gasteiger partial charge < -0.3 is 15.7 Å². The van der Waals surface area contributed by atoms with E-state index in [9.17, 15) is 9.59 Å². The number of imidazole rings is 2. The molecule has 1 aromatic carbocycles. The van der Waals surface area contributed by atoms with Gasteiger partial charge in [-0.3, -0.25) is 4.79 Å². The van der Waals surface area contributed by atoms with Crippen molar-refractivity contribution in [2.75, 3.05) is 0 Å². The Bertz CT molecular complexity index is 1140. The molecule has 0 saturated carbocycles. The lowest BCUT2D eigenvalue weighted by Gasteiger charge is -2.05. The third-order valence-corrected chi connectivity index (χ3v) is 3.77. The van der Waals surface area contributed by atoms with Crippen LogP contribution in [0.2, 0.25) is 0 Å². The number of hydrogen-bond acceptors (Lipinski definition) is 5. The molecule has 0 aliphatic rings. The predicted octanol–water partition coefficient (Wildman–Crippen LogP) is 0.906. The number of carbonyl (C=O) groups excluding carboxylic acids is 1. The highest BCUT2D eigenvalue weighted by Crippen LogP contribution is 2.20. The maximum Gasteiger partial charge on any atom is 0.332 e. The van der Waals surface area contributed by atoms with Crippen molar-refractivity contribution in [1.82, 2.24) is 29.5 Å². The van der Waals surface area contributed by atoms with Gasteiger partial charge in [0.15, 0.2) is 23.0 Å². The second kappa shape index (κ2) is 5.41. The molecule has 25 heavy (non-hydrogen) atoms. The second-order valence-electron chi connectivity index (χ2n) is 5.50. The first-order valence-electron chi connectivity index (χ1n) is 7.44. The van der Waals surface area contributed by atoms with Gasteiger partial charge in [-0.2, -0.15) is 0 Å². The quantitative estimate of drug-likeness (QED) is 0.511. The SMILES string of the molecule is Cc1ccc(-n2c(=O)[nH]c3c(C(N)=O)nc(-c4ncc[nH]4)nc32)cc1. The fourth-order valence-electron chi connectivity index (χ4n) is 2.59. The third-order valence-electron chi connectivity index (χ3n) is 3.77. The molecule has 4 aromatic rings. The second-order valence-corrected chi connectivity index (χ2v) is 5.50. The van der Waals surface area contributed by atoms with Gasteiger partial charge in [0.25, 0.3) is 5.91 Å². The van der Waals surface area contributed by atoms with Crippen LogP contribution in [0.15, 0.2) is 41.5 Å². The molecule has 9 nitrogen and oxygen atoms in total. The highest BCUT2D eigenvalue weighted by Gasteiger charge is 2.20. The van der Waals surface area contributed by atoms with Crippen molar-refractivity contribution in [2.45, 2.75) is 6.92 Å². The van der Waals surface area contributed by atoms with Crippen LogP contribution in [0.4, 0.5) is 0 Å². The first kappa shape index (κ1) is 14.8. The van der Waals surface area contributed by atoms with Gasteiger partial charge in [0.1, 0.15) is 5.52 Å². The highest BCUT2D eigenvalue weighted by molar-refractivity contribution is 6.02. The number of aryl methyl sites for hydroxylation is 1. The van der Waals surface area contributed by atoms with Crippen LogP contribution in [0.5, 0.6) is 0 Å². The molecular formula is C16H13N7O2. The summed E-state index contributed by atoms with van der Waals surface area (Å²) in [6.07, 6.45) is 3.15. The molecule has 0 saturated heterocycles. The van der Waals surface area contributed by atoms with Crippen molar-refractivity contribution >= 4 is 17.1 Å². The first-order chi connectivity index (χ1) is 12.0. The number of nitrogens with zero attached hydrogens (tertiary/aromatic N) is 4. The Hall–Kier alpha value is -3.75. The lowest BCUT2D eigenvalue weighted by molar-refractivity contribution is 0.0997. The van der Waals surface area contributed by atoms with E-state index >= 15 is 0 Å². The number of benzene rings is 1. The fourth-order valence-corrected chi connectivity index (χ4v) is 2.59. The number of primary amides is 1. The van der Waals surface area contributed by atoms with Crippen molar-refractivity contribution in [3.63, 3.8) is 0 Å². The van der Waals surface area contributed by atoms with E-state index in [-0.39, 0.29) is 22.7 Å². The van der Waals surface area contributed by atoms with Crippen molar-refractivity contribution in [2.24, 2.45) is 5.73 Å². The maximum absolute atomic E-state index is 12.5. The van der Waals surface area contributed by atoms with Gasteiger partial charge in [0, 0.05) is 12.4 Å². The molecular weight excluding hydrogens is 322 g/mol. The van der Waals surface area contributed by atoms with E-state index in [2.05, 4.69) is 24.9 Å². The number of H-pyrrole nitrogens is 2. The number of hydrogen-bond donors (Lipinski definition) is 3. The van der Waals surface area contributed by atoms with Crippen LogP contribution in [0.25, 0.3) is 28.5 Å². The molecule has 0 unspecified atom stereocenters. The number of amides is 1. The van der Waals surface area contributed by atoms with E-state index in [1.165, 1.54) is 10.8 Å². The normalized spacial score (nSPS) is 11.1. The molecule has 0 aliphatic heterocycles. The van der Waals surface area contributed by atoms with Crippen LogP contribution in [0.1, 0.15) is 16.1 Å². The lowest BCUT2D eigenvalue weighted by atomic mass is 10.2. The van der Waals surface area contributed by atoms with Crippen LogP contribution in [-0.4, -0.2) is 35.4 Å². The zero-order valence-corrected chi connectivity index (χ0v) is 13.1. The van der Waals surface area contributed by atoms with E-state index in [0.29, 0.717) is 11.5 Å². The number of carbonyl (C=O) groups is 1. The molecule has 1 amide bonds. The summed E-state index contributed by atoms with van der Waals surface area (Å²) in [4.78, 5) is 42.4. The predicted molar refractivity (Wildman–Crippen MR) is 90.3 cm³/mol. The molecule has 124 valence electrons. The molecule has 9 heteroatoms. The van der Waals surface area contributed by atoms with E-state index in [1.54, 1.807) is 18.3 Å². The van der Waals surface area contributed by atoms with Crippen LogP contribution in [0.3, 0.4) is 0 Å². The van der Waals surface area contributed by atoms with Crippen LogP contribution >= 0.6 is 0 Å². The Balaban J connectivity index is 2.07. The Labute approximate surface area is 140 Å². The van der Waals surface area contributed by atoms with Gasteiger partial charge in [-0.05, 0) is 19.1 Å². The lowest BCUT2D eigenvalue weighted by Crippen LogP contribution is -2.15. The minimum atomic E-state index is -0.766. The van der Waals surface area contributed by atoms with E-state index in [1.807, 2.05) is 19.1 Å². The number of aromatic amines is 2. The van der Waals surface area contributed by atoms with Crippen LogP contribution in [0, 0.1) is 6.92 Å². The Morgan fingerprint density at radius 2 is 1.96 bits per heavy atom. The number of rotatable bonds is 3. The van der Waals surface area contributed by atoms with E-state index in [4.69, 9.17) is 5.73 Å². The molecule has 4 rings (SSSR count). The standard InChI is InChI=1S/C16H13N7O2/c1-8-2-4-9(5-3-8)23-15-11(21-16(23)25)10(12(17)24)20-14(22-15)13-18-6-7-19-13/h2-7H,1H3,(H2,17,24)(H,18,19)(H,21,25). The molecule has 0 fully saturated rings. The van der Waals surface area contributed by atoms with Crippen molar-refractivity contribution in [3.8, 4) is 17.3 Å². The van der Waals surface area contributed by atoms with Crippen molar-refractivity contribution < 1.29 is 4.79 Å². The highest BCUT2D eigenvalue weighted by atomic mass is 16.2. The van der Waals surface area contributed by atoms with E-state index in [0.717, 1.165) is 5.56 Å². The zero-order chi connectivity index (χ0) is 17.6. The van der Waals surface area contributed by atoms with E-state index < -0.39 is 11.6 Å². The van der Waals surface area contributed by atoms with Gasteiger partial charge in [0.2, 0.25) is 0 Å². The molecule has 0 spiro atoms. The van der Waals surface area contributed by atoms with Gasteiger partial charge >= 0.3 is 5.69 Å². The Kier molecular flexibility index (Phi) is 3.21. The first-order valence-corrected chi connectivity index (χ1v) is 7.44. The molecule has 3 heterocycles. The molecule has 0 aliphatic carbocycles. The van der Waals surface area contributed by atoms with Gasteiger partial charge in [-0.25, -0.2) is 24.3 Å². The van der Waals surface area contributed by atoms with Crippen LogP contribution < -0.4 is 11.4 Å². The molecule has 4 N–H and O–H groups in total. The van der Waals surface area contributed by atoms with Crippen molar-refractivity contribution in [1.29, 1.82) is 0 Å². The van der Waals surface area contributed by atoms with Crippen LogP contribution in [-0.2, 0) is 0 Å². The maximum atomic E-state index is 12.5. The average molecular weight is 335 g/mol. The summed E-state index contributed by atoms with van der Waals surface area (Å²) in [6.45, 7) is 1.95. The van der Waals surface area contributed by atoms with Gasteiger partial charge in [0.05, 0.1) is 5.69 Å². The Morgan fingerprint density at radius 3 is 2.60 bits per heavy atom. The van der Waals surface area contributed by atoms with Gasteiger partial charge in [-0.1, -0.05) is 17.7 Å². The smallest absolute Gasteiger partial charge is 0.332 e. The summed E-state index contributed by atoms with van der Waals surface area (Å²) in [5.74, 6) is -0.225. The Morgan fingerprint density at radius 1 is 1.20 bits per heavy atom. The summed E-state index contributed by atoms with van der Waals surface area (Å²) in [6, 6.07) is 7.35. The number of nitrogens with one attached hydrogen (secondary N) is 2. The number of nitrogens with two attached hydrogens (primary N) is 1. The number of fused-ring (bicyclic) bond motifs is 1. The summed E-state index contributed by atoms with van der Waals surface area (Å²) in [5, 5.41) is 0. The molecule has 3 aromatic heterocycles. The van der Waals surface area contributed by atoms with Crippen molar-refractivity contribution in [3.05, 3.63) is 58.4 Å². The average Bonchev–Trinajstić information content (AvgIpc) is 3.22. The molecule has 0 atom stereocenters.